The van der Waals surface area contributed by atoms with Crippen LogP contribution in [-0.4, -0.2) is 20.8 Å². The van der Waals surface area contributed by atoms with Crippen molar-refractivity contribution in [1.82, 2.24) is 9.55 Å². The summed E-state index contributed by atoms with van der Waals surface area (Å²) in [6.45, 7) is 0. The fourth-order valence-corrected chi connectivity index (χ4v) is 0.613. The number of hydrogen-bond acceptors (Lipinski definition) is 2. The maximum Gasteiger partial charge on any atom is 0.417 e. The summed E-state index contributed by atoms with van der Waals surface area (Å²) in [5.74, 6) is 0. The van der Waals surface area contributed by atoms with Crippen LogP contribution < -0.4 is 0 Å². The molecule has 4 nitrogen and oxygen atoms in total. The molecule has 0 amide bonds. The van der Waals surface area contributed by atoms with E-state index < -0.39 is 6.09 Å². The van der Waals surface area contributed by atoms with E-state index in [2.05, 4.69) is 4.98 Å². The van der Waals surface area contributed by atoms with E-state index in [-0.39, 0.29) is 5.28 Å². The first-order chi connectivity index (χ1) is 4.22. The van der Waals surface area contributed by atoms with Crippen molar-refractivity contribution in [2.75, 3.05) is 0 Å². The van der Waals surface area contributed by atoms with Gasteiger partial charge < -0.3 is 5.11 Å². The van der Waals surface area contributed by atoms with Crippen molar-refractivity contribution in [3.8, 4) is 0 Å². The molecule has 0 aromatic carbocycles. The third-order valence-electron chi connectivity index (χ3n) is 0.802. The Morgan fingerprint density at radius 1 is 1.89 bits per heavy atom. The van der Waals surface area contributed by atoms with E-state index in [1.807, 2.05) is 0 Å². The van der Waals surface area contributed by atoms with Gasteiger partial charge in [-0.05, 0) is 11.6 Å². The Bertz CT molecular complexity index is 232. The second-order valence-corrected chi connectivity index (χ2v) is 1.69. The minimum Gasteiger partial charge on any atom is -0.464 e. The summed E-state index contributed by atoms with van der Waals surface area (Å²) in [6.07, 6.45) is 1.46. The summed E-state index contributed by atoms with van der Waals surface area (Å²) in [4.78, 5) is 13.6. The molecule has 0 spiro atoms. The van der Waals surface area contributed by atoms with Crippen molar-refractivity contribution < 1.29 is 9.90 Å². The second kappa shape index (κ2) is 2.06. The molecule has 1 aromatic rings. The van der Waals surface area contributed by atoms with Gasteiger partial charge in [0.2, 0.25) is 5.28 Å². The molecule has 1 aromatic heterocycles. The topological polar surface area (TPSA) is 55.1 Å². The molecule has 0 aliphatic heterocycles. The molecule has 0 bridgehead atoms. The van der Waals surface area contributed by atoms with E-state index in [0.717, 1.165) is 4.57 Å². The highest BCUT2D eigenvalue weighted by molar-refractivity contribution is 6.29. The zero-order chi connectivity index (χ0) is 6.85. The lowest BCUT2D eigenvalue weighted by Crippen LogP contribution is -2.05. The molecule has 9 heavy (non-hydrogen) atoms. The quantitative estimate of drug-likeness (QED) is 0.596. The Hall–Kier alpha value is -1.03. The number of imidazole rings is 1. The molecule has 0 aliphatic rings. The third kappa shape index (κ3) is 1.02. The van der Waals surface area contributed by atoms with Crippen molar-refractivity contribution in [2.24, 2.45) is 0 Å². The molecule has 1 N–H and O–H groups in total. The van der Waals surface area contributed by atoms with Gasteiger partial charge in [0, 0.05) is 12.4 Å². The Labute approximate surface area is 55.7 Å². The summed E-state index contributed by atoms with van der Waals surface area (Å²) in [5, 5.41) is 8.25. The molecule has 48 valence electrons. The fraction of sp³-hybridized carbons (Fsp3) is 0. The zero-order valence-corrected chi connectivity index (χ0v) is 5.04. The van der Waals surface area contributed by atoms with Gasteiger partial charge in [0.25, 0.3) is 0 Å². The van der Waals surface area contributed by atoms with Crippen LogP contribution in [0.4, 0.5) is 4.79 Å². The number of aromatic nitrogens is 2. The number of carbonyl (C=O) groups is 1. The van der Waals surface area contributed by atoms with E-state index in [1.54, 1.807) is 0 Å². The van der Waals surface area contributed by atoms with Crippen LogP contribution in [-0.2, 0) is 0 Å². The van der Waals surface area contributed by atoms with E-state index in [9.17, 15) is 4.79 Å². The summed E-state index contributed by atoms with van der Waals surface area (Å²) in [7, 11) is 0. The van der Waals surface area contributed by atoms with Gasteiger partial charge in [0.15, 0.2) is 0 Å². The van der Waals surface area contributed by atoms with E-state index in [0.29, 0.717) is 0 Å². The molecule has 0 saturated heterocycles. The maximum atomic E-state index is 10.1. The number of rotatable bonds is 0. The van der Waals surface area contributed by atoms with Crippen molar-refractivity contribution in [2.45, 2.75) is 0 Å². The molecule has 5 heteroatoms. The van der Waals surface area contributed by atoms with Crippen molar-refractivity contribution in [3.63, 3.8) is 0 Å². The summed E-state index contributed by atoms with van der Waals surface area (Å²) >= 11 is 5.31. The number of hydrogen-bond donors (Lipinski definition) is 1. The maximum absolute atomic E-state index is 10.1. The lowest BCUT2D eigenvalue weighted by atomic mass is 10.9. The highest BCUT2D eigenvalue weighted by Gasteiger charge is 2.03. The highest BCUT2D eigenvalue weighted by Crippen LogP contribution is 2.02. The smallest absolute Gasteiger partial charge is 0.417 e. The average molecular weight is 147 g/mol. The highest BCUT2D eigenvalue weighted by atomic mass is 35.5. The Balaban J connectivity index is 3.08. The minimum absolute atomic E-state index is 0.0394. The lowest BCUT2D eigenvalue weighted by molar-refractivity contribution is 0.196. The van der Waals surface area contributed by atoms with Crippen molar-refractivity contribution in [1.29, 1.82) is 0 Å². The predicted octanol–water partition coefficient (Wildman–Crippen LogP) is 1.06. The third-order valence-corrected chi connectivity index (χ3v) is 1.08. The van der Waals surface area contributed by atoms with Gasteiger partial charge in [-0.2, -0.15) is 0 Å². The number of nitrogens with zero attached hydrogens (tertiary/aromatic N) is 2. The van der Waals surface area contributed by atoms with E-state index in [1.165, 1.54) is 12.4 Å². The summed E-state index contributed by atoms with van der Waals surface area (Å²) in [6, 6.07) is 0. The second-order valence-electron chi connectivity index (χ2n) is 1.35. The van der Waals surface area contributed by atoms with Crippen LogP contribution in [0.2, 0.25) is 5.28 Å². The van der Waals surface area contributed by atoms with Crippen molar-refractivity contribution in [3.05, 3.63) is 17.7 Å². The minimum atomic E-state index is -1.13. The molecule has 0 atom stereocenters. The monoisotopic (exact) mass is 146 g/mol. The van der Waals surface area contributed by atoms with Gasteiger partial charge in [0.05, 0.1) is 0 Å². The SMILES string of the molecule is O=C(O)n1ccnc1Cl. The van der Waals surface area contributed by atoms with E-state index >= 15 is 0 Å². The first kappa shape index (κ1) is 6.10. The Morgan fingerprint density at radius 3 is 2.78 bits per heavy atom. The molecule has 0 aliphatic carbocycles. The molecule has 0 radical (unpaired) electrons. The first-order valence-corrected chi connectivity index (χ1v) is 2.52. The normalized spacial score (nSPS) is 9.44. The average Bonchev–Trinajstić information content (AvgIpc) is 2.13. The van der Waals surface area contributed by atoms with Crippen LogP contribution in [0.5, 0.6) is 0 Å². The van der Waals surface area contributed by atoms with Crippen LogP contribution in [0, 0.1) is 0 Å². The summed E-state index contributed by atoms with van der Waals surface area (Å²) in [5.41, 5.74) is 0. The van der Waals surface area contributed by atoms with Crippen LogP contribution in [0.15, 0.2) is 12.4 Å². The van der Waals surface area contributed by atoms with Crippen LogP contribution in [0.3, 0.4) is 0 Å². The molecule has 0 fully saturated rings. The van der Waals surface area contributed by atoms with Crippen LogP contribution in [0.25, 0.3) is 0 Å². The first-order valence-electron chi connectivity index (χ1n) is 2.14. The van der Waals surface area contributed by atoms with Gasteiger partial charge in [-0.3, -0.25) is 0 Å². The number of halogens is 1. The van der Waals surface area contributed by atoms with Gasteiger partial charge in [-0.25, -0.2) is 14.3 Å². The Kier molecular flexibility index (Phi) is 1.40. The van der Waals surface area contributed by atoms with Crippen LogP contribution in [0.1, 0.15) is 0 Å². The van der Waals surface area contributed by atoms with Gasteiger partial charge >= 0.3 is 6.09 Å². The molecule has 0 unspecified atom stereocenters. The van der Waals surface area contributed by atoms with E-state index in [4.69, 9.17) is 16.7 Å². The van der Waals surface area contributed by atoms with Gasteiger partial charge in [-0.1, -0.05) is 0 Å². The van der Waals surface area contributed by atoms with Gasteiger partial charge in [-0.15, -0.1) is 0 Å². The predicted molar refractivity (Wildman–Crippen MR) is 30.7 cm³/mol. The standard InChI is InChI=1S/C4H3ClN2O2/c5-3-6-1-2-7(3)4(8)9/h1-2H,(H,8,9). The molecule has 1 rings (SSSR count). The molecule has 0 saturated carbocycles. The van der Waals surface area contributed by atoms with Crippen LogP contribution >= 0.6 is 11.6 Å². The summed E-state index contributed by atoms with van der Waals surface area (Å²) < 4.78 is 0.821. The van der Waals surface area contributed by atoms with Gasteiger partial charge in [0.1, 0.15) is 0 Å². The molecular weight excluding hydrogens is 144 g/mol. The molecule has 1 heterocycles. The fourth-order valence-electron chi connectivity index (χ4n) is 0.428. The number of carboxylic acid groups (broad SMARTS) is 1. The largest absolute Gasteiger partial charge is 0.464 e. The lowest BCUT2D eigenvalue weighted by Gasteiger charge is -1.90. The Morgan fingerprint density at radius 2 is 2.56 bits per heavy atom. The molecular formula is C4H3ClN2O2. The zero-order valence-electron chi connectivity index (χ0n) is 4.28. The van der Waals surface area contributed by atoms with Crippen molar-refractivity contribution >= 4 is 17.7 Å².